The van der Waals surface area contributed by atoms with Crippen LogP contribution in [-0.2, 0) is 0 Å². The van der Waals surface area contributed by atoms with Gasteiger partial charge in [0, 0.05) is 0 Å². The third-order valence-corrected chi connectivity index (χ3v) is 5.90. The first-order chi connectivity index (χ1) is 15.0. The molecule has 0 aliphatic carbocycles. The number of hydrogen-bond donors (Lipinski definition) is 0. The number of carbonyl (C=O) groups excluding carboxylic acids is 1. The fourth-order valence-corrected chi connectivity index (χ4v) is 4.47. The van der Waals surface area contributed by atoms with Gasteiger partial charge in [-0.1, -0.05) is 23.5 Å². The van der Waals surface area contributed by atoms with E-state index in [4.69, 9.17) is 9.15 Å². The summed E-state index contributed by atoms with van der Waals surface area (Å²) in [5, 5.41) is 9.23. The standard InChI is InChI=1S/C22H16FN3O4S/c1-3-29-14-7-4-12(5-8-14)18-17-19(27)15-10-13(23)6-9-16(15)30-20(17)21(28)26(18)22-25-24-11(2)31-22/h4-10,18H,3H2,1-2H3. The van der Waals surface area contributed by atoms with Crippen molar-refractivity contribution in [3.63, 3.8) is 0 Å². The first-order valence-electron chi connectivity index (χ1n) is 9.60. The Balaban J connectivity index is 1.76. The van der Waals surface area contributed by atoms with Crippen molar-refractivity contribution in [3.8, 4) is 5.75 Å². The van der Waals surface area contributed by atoms with Crippen molar-refractivity contribution >= 4 is 33.3 Å². The fraction of sp³-hybridized carbons (Fsp3) is 0.182. The van der Waals surface area contributed by atoms with Crippen LogP contribution in [0.15, 0.2) is 51.7 Å². The maximum absolute atomic E-state index is 13.8. The Morgan fingerprint density at radius 3 is 2.61 bits per heavy atom. The van der Waals surface area contributed by atoms with Crippen LogP contribution in [0.2, 0.25) is 0 Å². The van der Waals surface area contributed by atoms with E-state index in [1.165, 1.54) is 28.4 Å². The van der Waals surface area contributed by atoms with Gasteiger partial charge in [-0.25, -0.2) is 4.39 Å². The van der Waals surface area contributed by atoms with Crippen molar-refractivity contribution < 1.29 is 18.3 Å². The molecule has 0 radical (unpaired) electrons. The number of amides is 1. The summed E-state index contributed by atoms with van der Waals surface area (Å²) in [6, 6.07) is 9.99. The van der Waals surface area contributed by atoms with Crippen LogP contribution < -0.4 is 15.1 Å². The zero-order valence-corrected chi connectivity index (χ0v) is 17.4. The van der Waals surface area contributed by atoms with Gasteiger partial charge < -0.3 is 9.15 Å². The SMILES string of the molecule is CCOc1ccc(C2c3c(oc4ccc(F)cc4c3=O)C(=O)N2c2nnc(C)s2)cc1. The van der Waals surface area contributed by atoms with Gasteiger partial charge in [-0.3, -0.25) is 14.5 Å². The molecule has 0 saturated carbocycles. The average Bonchev–Trinajstić information content (AvgIpc) is 3.31. The van der Waals surface area contributed by atoms with Gasteiger partial charge in [0.1, 0.15) is 22.2 Å². The van der Waals surface area contributed by atoms with E-state index in [-0.39, 0.29) is 22.3 Å². The van der Waals surface area contributed by atoms with Crippen molar-refractivity contribution in [1.82, 2.24) is 10.2 Å². The first-order valence-corrected chi connectivity index (χ1v) is 10.4. The molecule has 0 saturated heterocycles. The second-order valence-electron chi connectivity index (χ2n) is 7.00. The number of rotatable bonds is 4. The molecule has 0 N–H and O–H groups in total. The maximum Gasteiger partial charge on any atom is 0.297 e. The number of nitrogens with zero attached hydrogens (tertiary/aromatic N) is 3. The molecule has 156 valence electrons. The molecule has 1 aliphatic rings. The Morgan fingerprint density at radius 2 is 1.94 bits per heavy atom. The number of fused-ring (bicyclic) bond motifs is 2. The third kappa shape index (κ3) is 3.09. The number of carbonyl (C=O) groups is 1. The summed E-state index contributed by atoms with van der Waals surface area (Å²) < 4.78 is 25.1. The van der Waals surface area contributed by atoms with Crippen LogP contribution in [0, 0.1) is 12.7 Å². The Hall–Kier alpha value is -3.59. The van der Waals surface area contributed by atoms with Gasteiger partial charge >= 0.3 is 0 Å². The predicted molar refractivity (Wildman–Crippen MR) is 113 cm³/mol. The minimum atomic E-state index is -0.783. The van der Waals surface area contributed by atoms with E-state index in [1.807, 2.05) is 6.92 Å². The largest absolute Gasteiger partial charge is 0.494 e. The van der Waals surface area contributed by atoms with Crippen molar-refractivity contribution in [2.24, 2.45) is 0 Å². The van der Waals surface area contributed by atoms with Crippen molar-refractivity contribution in [2.75, 3.05) is 11.5 Å². The van der Waals surface area contributed by atoms with Crippen LogP contribution in [0.4, 0.5) is 9.52 Å². The zero-order chi connectivity index (χ0) is 21.7. The van der Waals surface area contributed by atoms with E-state index in [2.05, 4.69) is 10.2 Å². The van der Waals surface area contributed by atoms with E-state index >= 15 is 0 Å². The summed E-state index contributed by atoms with van der Waals surface area (Å²) >= 11 is 1.24. The van der Waals surface area contributed by atoms with Crippen molar-refractivity contribution in [2.45, 2.75) is 19.9 Å². The van der Waals surface area contributed by atoms with Gasteiger partial charge in [-0.2, -0.15) is 0 Å². The van der Waals surface area contributed by atoms with Crippen LogP contribution in [-0.4, -0.2) is 22.7 Å². The van der Waals surface area contributed by atoms with E-state index in [9.17, 15) is 14.0 Å². The molecule has 9 heteroatoms. The average molecular weight is 437 g/mol. The number of benzene rings is 2. The van der Waals surface area contributed by atoms with Crippen molar-refractivity contribution in [1.29, 1.82) is 0 Å². The molecule has 0 bridgehead atoms. The number of aromatic nitrogens is 2. The van der Waals surface area contributed by atoms with Gasteiger partial charge in [0.05, 0.1) is 23.6 Å². The number of halogens is 1. The number of anilines is 1. The summed E-state index contributed by atoms with van der Waals surface area (Å²) in [5.74, 6) is -0.454. The quantitative estimate of drug-likeness (QED) is 0.475. The van der Waals surface area contributed by atoms with Gasteiger partial charge in [0.2, 0.25) is 10.9 Å². The van der Waals surface area contributed by atoms with Gasteiger partial charge in [0.25, 0.3) is 5.91 Å². The normalized spacial score (nSPS) is 15.5. The Morgan fingerprint density at radius 1 is 1.16 bits per heavy atom. The summed E-state index contributed by atoms with van der Waals surface area (Å²) in [6.07, 6.45) is 0. The highest BCUT2D eigenvalue weighted by Crippen LogP contribution is 2.42. The smallest absolute Gasteiger partial charge is 0.297 e. The topological polar surface area (TPSA) is 85.5 Å². The second-order valence-corrected chi connectivity index (χ2v) is 8.16. The predicted octanol–water partition coefficient (Wildman–Crippen LogP) is 4.24. The van der Waals surface area contributed by atoms with E-state index in [1.54, 1.807) is 31.2 Å². The van der Waals surface area contributed by atoms with Gasteiger partial charge in [0.15, 0.2) is 5.43 Å². The molecule has 4 aromatic rings. The lowest BCUT2D eigenvalue weighted by Crippen LogP contribution is -2.29. The summed E-state index contributed by atoms with van der Waals surface area (Å²) in [4.78, 5) is 28.2. The molecular formula is C22H16FN3O4S. The Bertz CT molecular complexity index is 1380. The summed E-state index contributed by atoms with van der Waals surface area (Å²) in [7, 11) is 0. The molecule has 1 aliphatic heterocycles. The molecule has 31 heavy (non-hydrogen) atoms. The zero-order valence-electron chi connectivity index (χ0n) is 16.6. The maximum atomic E-state index is 13.8. The third-order valence-electron chi connectivity index (χ3n) is 5.06. The van der Waals surface area contributed by atoms with Gasteiger partial charge in [-0.15, -0.1) is 10.2 Å². The van der Waals surface area contributed by atoms with E-state index in [0.717, 1.165) is 6.07 Å². The molecule has 5 rings (SSSR count). The lowest BCUT2D eigenvalue weighted by Gasteiger charge is -2.22. The molecule has 0 fully saturated rings. The lowest BCUT2D eigenvalue weighted by atomic mass is 9.98. The molecule has 1 unspecified atom stereocenters. The van der Waals surface area contributed by atoms with Gasteiger partial charge in [-0.05, 0) is 49.7 Å². The number of hydrogen-bond acceptors (Lipinski definition) is 7. The van der Waals surface area contributed by atoms with E-state index < -0.39 is 23.2 Å². The Kier molecular flexibility index (Phi) is 4.55. The summed E-state index contributed by atoms with van der Waals surface area (Å²) in [6.45, 7) is 4.18. The fourth-order valence-electron chi connectivity index (χ4n) is 3.75. The van der Waals surface area contributed by atoms with Crippen LogP contribution >= 0.6 is 11.3 Å². The molecule has 3 heterocycles. The molecule has 2 aromatic carbocycles. The van der Waals surface area contributed by atoms with Crippen LogP contribution in [0.1, 0.15) is 39.7 Å². The molecule has 0 spiro atoms. The number of ether oxygens (including phenoxy) is 1. The molecular weight excluding hydrogens is 421 g/mol. The van der Waals surface area contributed by atoms with Crippen LogP contribution in [0.25, 0.3) is 11.0 Å². The van der Waals surface area contributed by atoms with Crippen molar-refractivity contribution in [3.05, 3.63) is 80.4 Å². The minimum absolute atomic E-state index is 0.0733. The molecule has 2 aromatic heterocycles. The monoisotopic (exact) mass is 437 g/mol. The second kappa shape index (κ2) is 7.28. The van der Waals surface area contributed by atoms with Crippen LogP contribution in [0.5, 0.6) is 5.75 Å². The first kappa shape index (κ1) is 19.4. The highest BCUT2D eigenvalue weighted by Gasteiger charge is 2.45. The number of aryl methyl sites for hydroxylation is 1. The Labute approximate surface area is 179 Å². The molecule has 1 atom stereocenters. The molecule has 1 amide bonds. The summed E-state index contributed by atoms with van der Waals surface area (Å²) in [5.41, 5.74) is 0.525. The highest BCUT2D eigenvalue weighted by molar-refractivity contribution is 7.15. The van der Waals surface area contributed by atoms with Crippen LogP contribution in [0.3, 0.4) is 0 Å². The molecule has 7 nitrogen and oxygen atoms in total. The van der Waals surface area contributed by atoms with E-state index in [0.29, 0.717) is 28.1 Å². The lowest BCUT2D eigenvalue weighted by molar-refractivity contribution is 0.0970. The highest BCUT2D eigenvalue weighted by atomic mass is 32.1. The minimum Gasteiger partial charge on any atom is -0.494 e.